The maximum absolute atomic E-state index is 13.3. The van der Waals surface area contributed by atoms with Crippen molar-refractivity contribution in [1.82, 2.24) is 29.5 Å². The van der Waals surface area contributed by atoms with Crippen LogP contribution in [0.25, 0.3) is 16.9 Å². The number of alkyl halides is 3. The van der Waals surface area contributed by atoms with Gasteiger partial charge in [-0.1, -0.05) is 0 Å². The molecule has 0 radical (unpaired) electrons. The number of amides is 2. The number of imidazole rings is 1. The maximum Gasteiger partial charge on any atom is 0.573 e. The van der Waals surface area contributed by atoms with Crippen LogP contribution in [0.2, 0.25) is 0 Å². The number of fused-ring (bicyclic) bond motifs is 1. The third kappa shape index (κ3) is 6.71. The second kappa shape index (κ2) is 11.3. The van der Waals surface area contributed by atoms with Gasteiger partial charge in [-0.25, -0.2) is 4.98 Å². The van der Waals surface area contributed by atoms with Crippen LogP contribution in [-0.4, -0.2) is 87.2 Å². The van der Waals surface area contributed by atoms with Gasteiger partial charge in [-0.05, 0) is 45.0 Å². The lowest BCUT2D eigenvalue weighted by Crippen LogP contribution is -2.54. The molecule has 0 spiro atoms. The van der Waals surface area contributed by atoms with E-state index >= 15 is 0 Å². The van der Waals surface area contributed by atoms with Crippen LogP contribution in [0.15, 0.2) is 42.9 Å². The van der Waals surface area contributed by atoms with Crippen molar-refractivity contribution in [3.8, 4) is 17.0 Å². The van der Waals surface area contributed by atoms with Crippen LogP contribution < -0.4 is 15.4 Å². The van der Waals surface area contributed by atoms with E-state index in [-0.39, 0.29) is 23.6 Å². The molecule has 3 aromatic rings. The van der Waals surface area contributed by atoms with Gasteiger partial charge in [-0.15, -0.1) is 13.2 Å². The Balaban J connectivity index is 1.46. The van der Waals surface area contributed by atoms with E-state index < -0.39 is 12.4 Å². The van der Waals surface area contributed by atoms with Gasteiger partial charge in [0.2, 0.25) is 11.8 Å². The van der Waals surface area contributed by atoms with Crippen LogP contribution >= 0.6 is 0 Å². The molecule has 1 saturated heterocycles. The molecule has 0 aliphatic carbocycles. The molecule has 1 atom stereocenters. The zero-order valence-electron chi connectivity index (χ0n) is 21.3. The summed E-state index contributed by atoms with van der Waals surface area (Å²) < 4.78 is 43.4. The van der Waals surface area contributed by atoms with Crippen LogP contribution in [0, 0.1) is 0 Å². The minimum Gasteiger partial charge on any atom is -0.406 e. The van der Waals surface area contributed by atoms with Crippen molar-refractivity contribution in [2.75, 3.05) is 38.0 Å². The number of benzene rings is 1. The quantitative estimate of drug-likeness (QED) is 0.459. The number of carbonyl (C=O) groups is 2. The van der Waals surface area contributed by atoms with Gasteiger partial charge in [-0.3, -0.25) is 23.9 Å². The predicted molar refractivity (Wildman–Crippen MR) is 134 cm³/mol. The van der Waals surface area contributed by atoms with Gasteiger partial charge in [0.05, 0.1) is 12.7 Å². The standard InChI is InChI=1S/C25H30F3N7O3/c1-16(2)30-21(36)15-33-10-12-34(13-11-33)24(37)17(3)31-23-22(32-20-14-29-8-9-35(20)23)18-4-6-19(7-5-18)38-25(26,27)28/h4-9,14,16-17,31H,10-13,15H2,1-3H3,(H,30,36). The molecule has 13 heteroatoms. The molecule has 2 amide bonds. The predicted octanol–water partition coefficient (Wildman–Crippen LogP) is 2.76. The molecule has 1 unspecified atom stereocenters. The van der Waals surface area contributed by atoms with Gasteiger partial charge >= 0.3 is 6.36 Å². The molecule has 1 aliphatic heterocycles. The van der Waals surface area contributed by atoms with Crippen molar-refractivity contribution in [3.05, 3.63) is 42.9 Å². The number of nitrogens with one attached hydrogen (secondary N) is 2. The normalized spacial score (nSPS) is 15.5. The van der Waals surface area contributed by atoms with Crippen LogP contribution in [0.1, 0.15) is 20.8 Å². The molecule has 2 N–H and O–H groups in total. The van der Waals surface area contributed by atoms with E-state index in [2.05, 4.69) is 25.3 Å². The Hall–Kier alpha value is -3.87. The lowest BCUT2D eigenvalue weighted by Gasteiger charge is -2.35. The van der Waals surface area contributed by atoms with Gasteiger partial charge in [0, 0.05) is 50.2 Å². The molecule has 0 saturated carbocycles. The first-order valence-electron chi connectivity index (χ1n) is 12.3. The first kappa shape index (κ1) is 27.2. The highest BCUT2D eigenvalue weighted by Gasteiger charge is 2.31. The molecule has 2 aromatic heterocycles. The fourth-order valence-electron chi connectivity index (χ4n) is 4.30. The third-order valence-corrected chi connectivity index (χ3v) is 6.02. The third-order valence-electron chi connectivity index (χ3n) is 6.02. The van der Waals surface area contributed by atoms with E-state index in [9.17, 15) is 22.8 Å². The molecule has 1 fully saturated rings. The summed E-state index contributed by atoms with van der Waals surface area (Å²) in [5.74, 6) is 0.0184. The summed E-state index contributed by atoms with van der Waals surface area (Å²) in [7, 11) is 0. The highest BCUT2D eigenvalue weighted by Crippen LogP contribution is 2.31. The highest BCUT2D eigenvalue weighted by molar-refractivity contribution is 5.86. The minimum absolute atomic E-state index is 0.0394. The first-order valence-corrected chi connectivity index (χ1v) is 12.3. The van der Waals surface area contributed by atoms with E-state index in [1.54, 1.807) is 34.8 Å². The van der Waals surface area contributed by atoms with Crippen molar-refractivity contribution >= 4 is 23.3 Å². The van der Waals surface area contributed by atoms with Crippen molar-refractivity contribution in [2.24, 2.45) is 0 Å². The molecule has 1 aromatic carbocycles. The van der Waals surface area contributed by atoms with Crippen LogP contribution in [-0.2, 0) is 9.59 Å². The number of aromatic nitrogens is 3. The van der Waals surface area contributed by atoms with E-state index in [1.807, 2.05) is 18.7 Å². The van der Waals surface area contributed by atoms with E-state index in [4.69, 9.17) is 0 Å². The molecule has 4 rings (SSSR count). The van der Waals surface area contributed by atoms with Crippen LogP contribution in [0.4, 0.5) is 19.0 Å². The van der Waals surface area contributed by atoms with E-state index in [0.29, 0.717) is 55.4 Å². The second-order valence-electron chi connectivity index (χ2n) is 9.38. The number of rotatable bonds is 8. The molecule has 10 nitrogen and oxygen atoms in total. The molecule has 0 bridgehead atoms. The molecule has 1 aliphatic rings. The number of anilines is 1. The Bertz CT molecular complexity index is 1270. The van der Waals surface area contributed by atoms with Crippen molar-refractivity contribution < 1.29 is 27.5 Å². The SMILES string of the molecule is CC(C)NC(=O)CN1CCN(C(=O)C(C)Nc2c(-c3ccc(OC(F)(F)F)cc3)nc3cnccn23)CC1. The smallest absolute Gasteiger partial charge is 0.406 e. The van der Waals surface area contributed by atoms with Gasteiger partial charge < -0.3 is 20.3 Å². The summed E-state index contributed by atoms with van der Waals surface area (Å²) in [6.45, 7) is 8.01. The fraction of sp³-hybridized carbons (Fsp3) is 0.440. The maximum atomic E-state index is 13.3. The Morgan fingerprint density at radius 2 is 1.76 bits per heavy atom. The number of piperazine rings is 1. The van der Waals surface area contributed by atoms with Crippen LogP contribution in [0.3, 0.4) is 0 Å². The average molecular weight is 534 g/mol. The Morgan fingerprint density at radius 3 is 2.39 bits per heavy atom. The monoisotopic (exact) mass is 533 g/mol. The van der Waals surface area contributed by atoms with Gasteiger partial charge in [0.25, 0.3) is 0 Å². The van der Waals surface area contributed by atoms with Gasteiger partial charge in [0.15, 0.2) is 5.65 Å². The topological polar surface area (TPSA) is 104 Å². The summed E-state index contributed by atoms with van der Waals surface area (Å²) in [4.78, 5) is 37.7. The number of hydrogen-bond donors (Lipinski definition) is 2. The van der Waals surface area contributed by atoms with E-state index in [0.717, 1.165) is 0 Å². The summed E-state index contributed by atoms with van der Waals surface area (Å²) in [6, 6.07) is 4.83. The van der Waals surface area contributed by atoms with Crippen LogP contribution in [0.5, 0.6) is 5.75 Å². The van der Waals surface area contributed by atoms with Crippen molar-refractivity contribution in [3.63, 3.8) is 0 Å². The lowest BCUT2D eigenvalue weighted by molar-refractivity contribution is -0.274. The number of carbonyl (C=O) groups excluding carboxylic acids is 2. The van der Waals surface area contributed by atoms with Crippen molar-refractivity contribution in [1.29, 1.82) is 0 Å². The number of nitrogens with zero attached hydrogens (tertiary/aromatic N) is 5. The molecule has 3 heterocycles. The molecule has 38 heavy (non-hydrogen) atoms. The highest BCUT2D eigenvalue weighted by atomic mass is 19.4. The van der Waals surface area contributed by atoms with Gasteiger partial charge in [0.1, 0.15) is 23.3 Å². The minimum atomic E-state index is -4.79. The second-order valence-corrected chi connectivity index (χ2v) is 9.38. The Labute approximate surface area is 217 Å². The van der Waals surface area contributed by atoms with E-state index in [1.165, 1.54) is 24.3 Å². The fourth-order valence-corrected chi connectivity index (χ4v) is 4.30. The number of ether oxygens (including phenoxy) is 1. The molecule has 204 valence electrons. The number of hydrogen-bond acceptors (Lipinski definition) is 7. The largest absolute Gasteiger partial charge is 0.573 e. The summed E-state index contributed by atoms with van der Waals surface area (Å²) >= 11 is 0. The van der Waals surface area contributed by atoms with Gasteiger partial charge in [-0.2, -0.15) is 0 Å². The summed E-state index contributed by atoms with van der Waals surface area (Å²) in [5, 5.41) is 6.11. The lowest BCUT2D eigenvalue weighted by atomic mass is 10.1. The number of halogens is 3. The molecular formula is C25H30F3N7O3. The first-order chi connectivity index (χ1) is 18.0. The zero-order chi connectivity index (χ0) is 27.4. The average Bonchev–Trinajstić information content (AvgIpc) is 3.21. The Kier molecular flexibility index (Phi) is 8.05. The summed E-state index contributed by atoms with van der Waals surface area (Å²) in [5.41, 5.74) is 1.50. The molecular weight excluding hydrogens is 503 g/mol. The van der Waals surface area contributed by atoms with Crippen molar-refractivity contribution in [2.45, 2.75) is 39.2 Å². The summed E-state index contributed by atoms with van der Waals surface area (Å²) in [6.07, 6.45) is 0.0280. The zero-order valence-corrected chi connectivity index (χ0v) is 21.3. The Morgan fingerprint density at radius 1 is 1.08 bits per heavy atom.